The molecule has 2 aromatic carbocycles. The van der Waals surface area contributed by atoms with Crippen LogP contribution in [0.3, 0.4) is 0 Å². The Kier molecular flexibility index (Phi) is 7.03. The van der Waals surface area contributed by atoms with Crippen molar-refractivity contribution in [3.8, 4) is 0 Å². The monoisotopic (exact) mass is 599 g/mol. The molecule has 4 aromatic rings. The van der Waals surface area contributed by atoms with E-state index in [9.17, 15) is 27.6 Å². The number of piperidine rings is 1. The third kappa shape index (κ3) is 5.26. The van der Waals surface area contributed by atoms with Gasteiger partial charge < -0.3 is 14.8 Å². The topological polar surface area (TPSA) is 102 Å². The number of carbonyl (C=O) groups is 2. The van der Waals surface area contributed by atoms with Crippen molar-refractivity contribution < 1.29 is 22.8 Å². The Morgan fingerprint density at radius 3 is 2.64 bits per heavy atom. The Labute approximate surface area is 243 Å². The van der Waals surface area contributed by atoms with Crippen molar-refractivity contribution in [1.29, 1.82) is 0 Å². The van der Waals surface area contributed by atoms with Crippen LogP contribution in [-0.2, 0) is 22.6 Å². The number of H-pyrrole nitrogens is 2. The first-order valence-electron chi connectivity index (χ1n) is 13.8. The van der Waals surface area contributed by atoms with Gasteiger partial charge in [-0.25, -0.2) is 0 Å². The Balaban J connectivity index is 1.23. The van der Waals surface area contributed by atoms with Crippen LogP contribution in [-0.4, -0.2) is 62.6 Å². The third-order valence-electron chi connectivity index (χ3n) is 8.61. The number of hydrogen-bond donors (Lipinski definition) is 2. The highest BCUT2D eigenvalue weighted by molar-refractivity contribution is 6.35. The van der Waals surface area contributed by atoms with Crippen LogP contribution in [0.2, 0.25) is 5.02 Å². The smallest absolute Gasteiger partial charge is 0.343 e. The lowest BCUT2D eigenvalue weighted by molar-refractivity contribution is -0.169. The molecule has 2 amide bonds. The van der Waals surface area contributed by atoms with Gasteiger partial charge in [0.05, 0.1) is 22.2 Å². The molecule has 1 saturated heterocycles. The Bertz CT molecular complexity index is 1760. The maximum Gasteiger partial charge on any atom is 0.406 e. The normalized spacial score (nSPS) is 20.3. The molecule has 2 aromatic heterocycles. The quantitative estimate of drug-likeness (QED) is 0.332. The lowest BCUT2D eigenvalue weighted by atomic mass is 9.78. The Hall–Kier alpha value is -3.86. The molecule has 12 heteroatoms. The second kappa shape index (κ2) is 10.4. The van der Waals surface area contributed by atoms with Crippen molar-refractivity contribution in [2.24, 2.45) is 5.41 Å². The van der Waals surface area contributed by atoms with Crippen LogP contribution in [0.15, 0.2) is 47.4 Å². The number of amides is 2. The number of halogens is 4. The number of hydrogen-bond acceptors (Lipinski definition) is 4. The maximum absolute atomic E-state index is 13.7. The van der Waals surface area contributed by atoms with E-state index in [1.807, 2.05) is 30.3 Å². The van der Waals surface area contributed by atoms with Crippen molar-refractivity contribution in [3.05, 3.63) is 74.7 Å². The third-order valence-corrected chi connectivity index (χ3v) is 8.90. The molecule has 2 aliphatic heterocycles. The van der Waals surface area contributed by atoms with E-state index in [1.165, 1.54) is 6.20 Å². The molecule has 0 unspecified atom stereocenters. The number of nitrogens with zero attached hydrogens (tertiary/aromatic N) is 3. The molecular weight excluding hydrogens is 571 g/mol. The number of rotatable bonds is 4. The molecule has 2 aliphatic rings. The van der Waals surface area contributed by atoms with Gasteiger partial charge in [-0.15, -0.1) is 0 Å². The summed E-state index contributed by atoms with van der Waals surface area (Å²) < 4.78 is 40.8. The van der Waals surface area contributed by atoms with Gasteiger partial charge in [0.15, 0.2) is 0 Å². The van der Waals surface area contributed by atoms with Crippen molar-refractivity contribution in [1.82, 2.24) is 25.0 Å². The van der Waals surface area contributed by atoms with Gasteiger partial charge >= 0.3 is 6.18 Å². The number of pyridine rings is 1. The molecular formula is C30H29ClF3N5O3. The van der Waals surface area contributed by atoms with Crippen LogP contribution >= 0.6 is 11.6 Å². The number of carbonyl (C=O) groups excluding carboxylic acids is 2. The number of para-hydroxylation sites is 1. The van der Waals surface area contributed by atoms with Crippen LogP contribution in [0, 0.1) is 5.41 Å². The highest BCUT2D eigenvalue weighted by Gasteiger charge is 2.46. The summed E-state index contributed by atoms with van der Waals surface area (Å²) in [6.45, 7) is 0.619. The van der Waals surface area contributed by atoms with E-state index in [-0.39, 0.29) is 36.8 Å². The predicted octanol–water partition coefficient (Wildman–Crippen LogP) is 5.31. The molecule has 0 bridgehead atoms. The van der Waals surface area contributed by atoms with Crippen LogP contribution in [0.1, 0.15) is 48.8 Å². The largest absolute Gasteiger partial charge is 0.406 e. The predicted molar refractivity (Wildman–Crippen MR) is 152 cm³/mol. The summed E-state index contributed by atoms with van der Waals surface area (Å²) in [6.07, 6.45) is -2.18. The number of benzene rings is 2. The summed E-state index contributed by atoms with van der Waals surface area (Å²) in [5, 5.41) is 8.59. The first-order chi connectivity index (χ1) is 19.9. The van der Waals surface area contributed by atoms with Gasteiger partial charge in [0.25, 0.3) is 5.56 Å². The van der Waals surface area contributed by atoms with Crippen LogP contribution in [0.25, 0.3) is 21.8 Å². The number of aromatic nitrogens is 3. The molecule has 42 heavy (non-hydrogen) atoms. The van der Waals surface area contributed by atoms with Gasteiger partial charge in [0.2, 0.25) is 11.8 Å². The fourth-order valence-electron chi connectivity index (χ4n) is 6.50. The van der Waals surface area contributed by atoms with E-state index >= 15 is 0 Å². The van der Waals surface area contributed by atoms with E-state index < -0.39 is 24.0 Å². The van der Waals surface area contributed by atoms with Crippen molar-refractivity contribution in [2.45, 2.75) is 51.2 Å². The maximum atomic E-state index is 13.7. The van der Waals surface area contributed by atoms with E-state index in [1.54, 1.807) is 17.9 Å². The highest BCUT2D eigenvalue weighted by atomic mass is 35.5. The fraction of sp³-hybridized carbons (Fsp3) is 0.400. The average molecular weight is 600 g/mol. The SMILES string of the molecule is C[C@@]1(CC(=O)N2CCC(c3cc4ccccc4[nH]c3=O)CC2)Cc2cc(Cl)c3[nH]ncc3c2CN(CC(F)(F)F)C1=O. The first kappa shape index (κ1) is 28.3. The molecule has 0 spiro atoms. The molecule has 0 radical (unpaired) electrons. The minimum Gasteiger partial charge on any atom is -0.343 e. The standard InChI is InChI=1S/C30H29ClF3N5O3/c1-29(12-19-11-23(31)26-21(14-35-37-26)22(19)15-39(28(29)42)16-30(32,33)34)13-25(40)38-8-6-17(7-9-38)20-10-18-4-2-3-5-24(18)36-27(20)41/h2-5,10-11,14,17H,6-9,12-13,15-16H2,1H3,(H,35,37)(H,36,41)/t29-/m0/s1. The van der Waals surface area contributed by atoms with Crippen LogP contribution in [0.4, 0.5) is 13.2 Å². The summed E-state index contributed by atoms with van der Waals surface area (Å²) in [5.74, 6) is -1.07. The Morgan fingerprint density at radius 2 is 1.90 bits per heavy atom. The summed E-state index contributed by atoms with van der Waals surface area (Å²) in [4.78, 5) is 45.4. The van der Waals surface area contributed by atoms with Gasteiger partial charge in [0.1, 0.15) is 6.54 Å². The summed E-state index contributed by atoms with van der Waals surface area (Å²) in [7, 11) is 0. The van der Waals surface area contributed by atoms with Gasteiger partial charge in [-0.2, -0.15) is 18.3 Å². The lowest BCUT2D eigenvalue weighted by Gasteiger charge is -2.36. The molecule has 0 saturated carbocycles. The van der Waals surface area contributed by atoms with E-state index in [0.717, 1.165) is 15.8 Å². The second-order valence-electron chi connectivity index (χ2n) is 11.6. The number of likely N-dealkylation sites (tertiary alicyclic amines) is 1. The molecule has 6 rings (SSSR count). The molecule has 0 aliphatic carbocycles. The van der Waals surface area contributed by atoms with Gasteiger partial charge in [-0.3, -0.25) is 19.5 Å². The molecule has 2 N–H and O–H groups in total. The van der Waals surface area contributed by atoms with Crippen LogP contribution in [0.5, 0.6) is 0 Å². The van der Waals surface area contributed by atoms with Crippen molar-refractivity contribution >= 4 is 45.2 Å². The van der Waals surface area contributed by atoms with Gasteiger partial charge in [0, 0.05) is 42.5 Å². The van der Waals surface area contributed by atoms with Crippen molar-refractivity contribution in [3.63, 3.8) is 0 Å². The zero-order valence-corrected chi connectivity index (χ0v) is 23.6. The van der Waals surface area contributed by atoms with Crippen LogP contribution < -0.4 is 5.56 Å². The number of aromatic amines is 2. The minimum absolute atomic E-state index is 0.0360. The Morgan fingerprint density at radius 1 is 1.17 bits per heavy atom. The minimum atomic E-state index is -4.62. The molecule has 8 nitrogen and oxygen atoms in total. The summed E-state index contributed by atoms with van der Waals surface area (Å²) in [6, 6.07) is 11.1. The summed E-state index contributed by atoms with van der Waals surface area (Å²) in [5.41, 5.74) is 1.52. The zero-order chi connectivity index (χ0) is 29.8. The second-order valence-corrected chi connectivity index (χ2v) is 12.0. The van der Waals surface area contributed by atoms with E-state index in [4.69, 9.17) is 11.6 Å². The molecule has 220 valence electrons. The van der Waals surface area contributed by atoms with E-state index in [0.29, 0.717) is 58.5 Å². The lowest BCUT2D eigenvalue weighted by Crippen LogP contribution is -2.48. The van der Waals surface area contributed by atoms with Gasteiger partial charge in [-0.05, 0) is 66.8 Å². The first-order valence-corrected chi connectivity index (χ1v) is 14.2. The van der Waals surface area contributed by atoms with Gasteiger partial charge in [-0.1, -0.05) is 29.8 Å². The number of fused-ring (bicyclic) bond motifs is 4. The number of alkyl halides is 3. The molecule has 1 atom stereocenters. The average Bonchev–Trinajstić information content (AvgIpc) is 3.41. The van der Waals surface area contributed by atoms with E-state index in [2.05, 4.69) is 15.2 Å². The number of nitrogens with one attached hydrogen (secondary N) is 2. The van der Waals surface area contributed by atoms with Crippen molar-refractivity contribution in [2.75, 3.05) is 19.6 Å². The zero-order valence-electron chi connectivity index (χ0n) is 22.9. The highest BCUT2D eigenvalue weighted by Crippen LogP contribution is 2.40. The fourth-order valence-corrected chi connectivity index (χ4v) is 6.78. The molecule has 4 heterocycles. The molecule has 1 fully saturated rings. The summed E-state index contributed by atoms with van der Waals surface area (Å²) >= 11 is 6.45.